The van der Waals surface area contributed by atoms with Crippen molar-refractivity contribution in [2.45, 2.75) is 17.7 Å². The molecule has 1 amide bonds. The fourth-order valence-corrected chi connectivity index (χ4v) is 2.68. The van der Waals surface area contributed by atoms with E-state index in [-0.39, 0.29) is 35.6 Å². The van der Waals surface area contributed by atoms with Gasteiger partial charge in [-0.3, -0.25) is 4.79 Å². The van der Waals surface area contributed by atoms with E-state index in [1.165, 1.54) is 18.3 Å². The van der Waals surface area contributed by atoms with Crippen molar-refractivity contribution in [3.05, 3.63) is 18.3 Å². The third-order valence-electron chi connectivity index (χ3n) is 2.75. The summed E-state index contributed by atoms with van der Waals surface area (Å²) in [4.78, 5) is 15.0. The maximum Gasteiger partial charge on any atom is 0.244 e. The molecule has 0 radical (unpaired) electrons. The van der Waals surface area contributed by atoms with Gasteiger partial charge in [0.2, 0.25) is 15.9 Å². The van der Waals surface area contributed by atoms with Gasteiger partial charge in [-0.2, -0.15) is 0 Å². The van der Waals surface area contributed by atoms with Crippen LogP contribution >= 0.6 is 0 Å². The Bertz CT molecular complexity index is 569. The van der Waals surface area contributed by atoms with Gasteiger partial charge in [0.1, 0.15) is 10.7 Å². The van der Waals surface area contributed by atoms with Gasteiger partial charge in [-0.1, -0.05) is 0 Å². The van der Waals surface area contributed by atoms with Crippen molar-refractivity contribution in [2.24, 2.45) is 5.92 Å². The molecule has 0 bridgehead atoms. The molecule has 1 aliphatic rings. The van der Waals surface area contributed by atoms with Gasteiger partial charge in [0.25, 0.3) is 0 Å². The minimum atomic E-state index is -3.68. The number of hydrogen-bond donors (Lipinski definition) is 3. The van der Waals surface area contributed by atoms with E-state index in [0.717, 1.165) is 12.8 Å². The molecule has 19 heavy (non-hydrogen) atoms. The van der Waals surface area contributed by atoms with E-state index in [1.54, 1.807) is 0 Å². The number of pyridine rings is 1. The van der Waals surface area contributed by atoms with E-state index < -0.39 is 10.0 Å². The Morgan fingerprint density at radius 2 is 2.16 bits per heavy atom. The molecule has 0 unspecified atom stereocenters. The van der Waals surface area contributed by atoms with Gasteiger partial charge in [-0.25, -0.2) is 18.1 Å². The van der Waals surface area contributed by atoms with Crippen LogP contribution in [0, 0.1) is 5.92 Å². The summed E-state index contributed by atoms with van der Waals surface area (Å²) in [6, 6.07) is 2.88. The summed E-state index contributed by atoms with van der Waals surface area (Å²) >= 11 is 0. The van der Waals surface area contributed by atoms with Crippen molar-refractivity contribution < 1.29 is 13.2 Å². The zero-order valence-corrected chi connectivity index (χ0v) is 11.1. The van der Waals surface area contributed by atoms with Crippen LogP contribution in [0.5, 0.6) is 0 Å². The van der Waals surface area contributed by atoms with Crippen molar-refractivity contribution >= 4 is 21.7 Å². The van der Waals surface area contributed by atoms with Gasteiger partial charge < -0.3 is 11.1 Å². The molecule has 1 saturated carbocycles. The number of nitrogens with zero attached hydrogens (tertiary/aromatic N) is 1. The first-order valence-corrected chi connectivity index (χ1v) is 7.47. The lowest BCUT2D eigenvalue weighted by Gasteiger charge is -2.08. The number of anilines is 1. The number of nitrogen functional groups attached to an aromatic ring is 1. The normalized spacial score (nSPS) is 15.2. The highest BCUT2D eigenvalue weighted by molar-refractivity contribution is 7.89. The van der Waals surface area contributed by atoms with Crippen molar-refractivity contribution in [1.82, 2.24) is 15.0 Å². The number of hydrogen-bond acceptors (Lipinski definition) is 5. The summed E-state index contributed by atoms with van der Waals surface area (Å²) in [5.41, 5.74) is 5.51. The van der Waals surface area contributed by atoms with Gasteiger partial charge >= 0.3 is 0 Å². The van der Waals surface area contributed by atoms with Gasteiger partial charge in [-0.15, -0.1) is 0 Å². The van der Waals surface area contributed by atoms with Crippen LogP contribution in [0.15, 0.2) is 23.2 Å². The first-order valence-electron chi connectivity index (χ1n) is 5.98. The van der Waals surface area contributed by atoms with Crippen molar-refractivity contribution in [3.8, 4) is 0 Å². The molecule has 1 aromatic rings. The second-order valence-corrected chi connectivity index (χ2v) is 6.09. The molecule has 0 aliphatic heterocycles. The summed E-state index contributed by atoms with van der Waals surface area (Å²) in [5, 5.41) is 2.67. The highest BCUT2D eigenvalue weighted by Gasteiger charge is 2.29. The Morgan fingerprint density at radius 3 is 2.79 bits per heavy atom. The average molecular weight is 284 g/mol. The Morgan fingerprint density at radius 1 is 1.42 bits per heavy atom. The first kappa shape index (κ1) is 13.8. The minimum absolute atomic E-state index is 0.0138. The number of sulfonamides is 1. The molecular weight excluding hydrogens is 268 g/mol. The SMILES string of the molecule is Nc1ncccc1S(=O)(=O)NCCNC(=O)C1CC1. The first-order chi connectivity index (χ1) is 9.00. The molecule has 0 spiro atoms. The Balaban J connectivity index is 1.84. The molecule has 0 atom stereocenters. The zero-order valence-electron chi connectivity index (χ0n) is 10.3. The van der Waals surface area contributed by atoms with E-state index in [0.29, 0.717) is 0 Å². The van der Waals surface area contributed by atoms with Crippen molar-refractivity contribution in [3.63, 3.8) is 0 Å². The quantitative estimate of drug-likeness (QED) is 0.607. The highest BCUT2D eigenvalue weighted by Crippen LogP contribution is 2.28. The Kier molecular flexibility index (Phi) is 4.01. The molecule has 1 fully saturated rings. The molecule has 8 heteroatoms. The van der Waals surface area contributed by atoms with Gasteiger partial charge in [0, 0.05) is 25.2 Å². The Hall–Kier alpha value is -1.67. The average Bonchev–Trinajstić information content (AvgIpc) is 3.19. The second kappa shape index (κ2) is 5.54. The third kappa shape index (κ3) is 3.65. The number of rotatable bonds is 6. The molecular formula is C11H16N4O3S. The van der Waals surface area contributed by atoms with E-state index in [4.69, 9.17) is 5.73 Å². The van der Waals surface area contributed by atoms with Gasteiger partial charge in [0.15, 0.2) is 0 Å². The van der Waals surface area contributed by atoms with Crippen LogP contribution in [0.25, 0.3) is 0 Å². The van der Waals surface area contributed by atoms with Gasteiger partial charge in [-0.05, 0) is 25.0 Å². The minimum Gasteiger partial charge on any atom is -0.383 e. The van der Waals surface area contributed by atoms with E-state index in [2.05, 4.69) is 15.0 Å². The molecule has 1 aromatic heterocycles. The van der Waals surface area contributed by atoms with Crippen LogP contribution in [0.4, 0.5) is 5.82 Å². The number of nitrogens with one attached hydrogen (secondary N) is 2. The largest absolute Gasteiger partial charge is 0.383 e. The van der Waals surface area contributed by atoms with Crippen LogP contribution in [-0.2, 0) is 14.8 Å². The maximum atomic E-state index is 11.9. The molecule has 7 nitrogen and oxygen atoms in total. The number of carbonyl (C=O) groups is 1. The molecule has 2 rings (SSSR count). The lowest BCUT2D eigenvalue weighted by Crippen LogP contribution is -2.35. The van der Waals surface area contributed by atoms with Crippen LogP contribution in [0.2, 0.25) is 0 Å². The standard InChI is InChI=1S/C11H16N4O3S/c12-10-9(2-1-5-13-10)19(17,18)15-7-6-14-11(16)8-3-4-8/h1-2,5,8,15H,3-4,6-7H2,(H2,12,13)(H,14,16). The molecule has 4 N–H and O–H groups in total. The molecule has 104 valence electrons. The van der Waals surface area contributed by atoms with Crippen LogP contribution < -0.4 is 15.8 Å². The topological polar surface area (TPSA) is 114 Å². The fourth-order valence-electron chi connectivity index (χ4n) is 1.57. The summed E-state index contributed by atoms with van der Waals surface area (Å²) in [7, 11) is -3.68. The van der Waals surface area contributed by atoms with Crippen LogP contribution in [-0.4, -0.2) is 32.4 Å². The molecule has 1 aliphatic carbocycles. The second-order valence-electron chi connectivity index (χ2n) is 4.35. The zero-order chi connectivity index (χ0) is 13.9. The highest BCUT2D eigenvalue weighted by atomic mass is 32.2. The third-order valence-corrected chi connectivity index (χ3v) is 4.26. The van der Waals surface area contributed by atoms with Gasteiger partial charge in [0.05, 0.1) is 0 Å². The monoisotopic (exact) mass is 284 g/mol. The van der Waals surface area contributed by atoms with Crippen LogP contribution in [0.3, 0.4) is 0 Å². The number of amides is 1. The van der Waals surface area contributed by atoms with Crippen LogP contribution in [0.1, 0.15) is 12.8 Å². The number of aromatic nitrogens is 1. The summed E-state index contributed by atoms with van der Waals surface area (Å²) in [6.45, 7) is 0.379. The lowest BCUT2D eigenvalue weighted by atomic mass is 10.4. The number of nitrogens with two attached hydrogens (primary N) is 1. The molecule has 1 heterocycles. The smallest absolute Gasteiger partial charge is 0.244 e. The predicted octanol–water partition coefficient (Wildman–Crippen LogP) is -0.532. The van der Waals surface area contributed by atoms with E-state index >= 15 is 0 Å². The maximum absolute atomic E-state index is 11.9. The Labute approximate surface area is 111 Å². The van der Waals surface area contributed by atoms with Crippen molar-refractivity contribution in [2.75, 3.05) is 18.8 Å². The summed E-state index contributed by atoms with van der Waals surface area (Å²) in [5.74, 6) is 0.0580. The number of carbonyl (C=O) groups excluding carboxylic acids is 1. The summed E-state index contributed by atoms with van der Waals surface area (Å²) in [6.07, 6.45) is 3.26. The lowest BCUT2D eigenvalue weighted by molar-refractivity contribution is -0.122. The van der Waals surface area contributed by atoms with E-state index in [9.17, 15) is 13.2 Å². The summed E-state index contributed by atoms with van der Waals surface area (Å²) < 4.78 is 26.2. The predicted molar refractivity (Wildman–Crippen MR) is 69.6 cm³/mol. The molecule has 0 saturated heterocycles. The van der Waals surface area contributed by atoms with Crippen molar-refractivity contribution in [1.29, 1.82) is 0 Å². The van der Waals surface area contributed by atoms with E-state index in [1.807, 2.05) is 0 Å². The fraction of sp³-hybridized carbons (Fsp3) is 0.455. The molecule has 0 aromatic carbocycles.